The van der Waals surface area contributed by atoms with Crippen LogP contribution in [0.3, 0.4) is 0 Å². The van der Waals surface area contributed by atoms with Crippen LogP contribution in [-0.4, -0.2) is 33.2 Å². The zero-order valence-corrected chi connectivity index (χ0v) is 15.9. The maximum atomic E-state index is 6.12. The Morgan fingerprint density at radius 1 is 1.10 bits per heavy atom. The van der Waals surface area contributed by atoms with Gasteiger partial charge in [-0.15, -0.1) is 10.2 Å². The first-order valence-corrected chi connectivity index (χ1v) is 9.32. The van der Waals surface area contributed by atoms with Crippen molar-refractivity contribution in [3.63, 3.8) is 0 Å². The topological polar surface area (TPSA) is 73.6 Å². The molecule has 7 nitrogen and oxygen atoms in total. The van der Waals surface area contributed by atoms with Gasteiger partial charge in [0.1, 0.15) is 18.1 Å². The van der Waals surface area contributed by atoms with Crippen LogP contribution in [0.2, 0.25) is 0 Å². The zero-order chi connectivity index (χ0) is 19.6. The normalized spacial score (nSPS) is 12.8. The van der Waals surface area contributed by atoms with Gasteiger partial charge in [-0.1, -0.05) is 6.07 Å². The van der Waals surface area contributed by atoms with E-state index < -0.39 is 0 Å². The number of anilines is 1. The van der Waals surface area contributed by atoms with Crippen molar-refractivity contribution in [1.82, 2.24) is 19.6 Å². The van der Waals surface area contributed by atoms with E-state index in [2.05, 4.69) is 20.5 Å². The third-order valence-corrected chi connectivity index (χ3v) is 4.86. The minimum absolute atomic E-state index is 0.310. The maximum absolute atomic E-state index is 6.12. The molecule has 0 fully saturated rings. The highest BCUT2D eigenvalue weighted by molar-refractivity contribution is 5.77. The number of hydrogen-bond donors (Lipinski definition) is 1. The molecular formula is C22H19N5O2. The van der Waals surface area contributed by atoms with Crippen LogP contribution in [0.4, 0.5) is 5.69 Å². The van der Waals surface area contributed by atoms with Crippen LogP contribution >= 0.6 is 0 Å². The van der Waals surface area contributed by atoms with Gasteiger partial charge in [-0.2, -0.15) is 0 Å². The first kappa shape index (κ1) is 17.2. The van der Waals surface area contributed by atoms with Crippen LogP contribution < -0.4 is 10.1 Å². The Bertz CT molecular complexity index is 1200. The molecule has 0 amide bonds. The molecule has 3 aromatic heterocycles. The van der Waals surface area contributed by atoms with Crippen LogP contribution in [0.15, 0.2) is 67.0 Å². The Kier molecular flexibility index (Phi) is 4.32. The van der Waals surface area contributed by atoms with Gasteiger partial charge in [-0.05, 0) is 42.5 Å². The first-order chi connectivity index (χ1) is 14.3. The largest absolute Gasteiger partial charge is 0.497 e. The number of methoxy groups -OCH3 is 1. The predicted molar refractivity (Wildman–Crippen MR) is 110 cm³/mol. The molecule has 0 spiro atoms. The number of nitrogens with zero attached hydrogens (tertiary/aromatic N) is 4. The summed E-state index contributed by atoms with van der Waals surface area (Å²) in [6.07, 6.45) is 5.80. The van der Waals surface area contributed by atoms with E-state index in [-0.39, 0.29) is 0 Å². The molecule has 0 bridgehead atoms. The summed E-state index contributed by atoms with van der Waals surface area (Å²) in [6, 6.07) is 15.7. The van der Waals surface area contributed by atoms with Crippen molar-refractivity contribution in [2.45, 2.75) is 6.61 Å². The Labute approximate surface area is 167 Å². The summed E-state index contributed by atoms with van der Waals surface area (Å²) in [5.74, 6) is 2.36. The first-order valence-electron chi connectivity index (χ1n) is 9.32. The third kappa shape index (κ3) is 3.27. The monoisotopic (exact) mass is 385 g/mol. The zero-order valence-electron chi connectivity index (χ0n) is 15.9. The van der Waals surface area contributed by atoms with Crippen LogP contribution in [-0.2, 0) is 11.3 Å². The number of pyridine rings is 2. The summed E-state index contributed by atoms with van der Waals surface area (Å²) in [7, 11) is 1.66. The molecule has 0 radical (unpaired) electrons. The number of hydrogen-bond acceptors (Lipinski definition) is 6. The minimum Gasteiger partial charge on any atom is -0.497 e. The van der Waals surface area contributed by atoms with E-state index in [1.165, 1.54) is 0 Å². The molecule has 1 aliphatic heterocycles. The van der Waals surface area contributed by atoms with Gasteiger partial charge in [0.15, 0.2) is 11.5 Å². The Morgan fingerprint density at radius 2 is 2.07 bits per heavy atom. The van der Waals surface area contributed by atoms with Crippen molar-refractivity contribution in [3.05, 3.63) is 78.4 Å². The fourth-order valence-electron chi connectivity index (χ4n) is 3.38. The van der Waals surface area contributed by atoms with E-state index in [1.54, 1.807) is 13.3 Å². The minimum atomic E-state index is 0.310. The molecule has 0 atom stereocenters. The number of nitrogens with one attached hydrogen (secondary N) is 1. The molecule has 1 N–H and O–H groups in total. The lowest BCUT2D eigenvalue weighted by molar-refractivity contribution is 0.253. The molecule has 29 heavy (non-hydrogen) atoms. The van der Waals surface area contributed by atoms with E-state index in [1.807, 2.05) is 65.2 Å². The number of ether oxygens (including phenoxy) is 2. The summed E-state index contributed by atoms with van der Waals surface area (Å²) in [5, 5.41) is 11.9. The van der Waals surface area contributed by atoms with Gasteiger partial charge in [0.25, 0.3) is 0 Å². The summed E-state index contributed by atoms with van der Waals surface area (Å²) in [5.41, 5.74) is 4.66. The van der Waals surface area contributed by atoms with Gasteiger partial charge in [-0.3, -0.25) is 9.38 Å². The standard InChI is InChI=1S/C22H19N5O2/c1-28-16-6-7-17-19(12-16)24-11-9-20(17)29-14-22-26-25-21-8-5-15(13-27(21)22)18-4-2-3-10-23-18/h2-10,12-13,24H,11,14H2,1H3. The lowest BCUT2D eigenvalue weighted by atomic mass is 10.1. The highest BCUT2D eigenvalue weighted by Crippen LogP contribution is 2.32. The van der Waals surface area contributed by atoms with Gasteiger partial charge < -0.3 is 14.8 Å². The van der Waals surface area contributed by atoms with Crippen molar-refractivity contribution in [2.75, 3.05) is 19.0 Å². The van der Waals surface area contributed by atoms with E-state index >= 15 is 0 Å². The van der Waals surface area contributed by atoms with Crippen LogP contribution in [0.25, 0.3) is 22.7 Å². The fraction of sp³-hybridized carbons (Fsp3) is 0.136. The summed E-state index contributed by atoms with van der Waals surface area (Å²) < 4.78 is 13.4. The molecule has 4 heterocycles. The van der Waals surface area contributed by atoms with Gasteiger partial charge in [0.05, 0.1) is 12.8 Å². The van der Waals surface area contributed by atoms with Crippen molar-refractivity contribution in [2.24, 2.45) is 0 Å². The molecular weight excluding hydrogens is 366 g/mol. The second-order valence-electron chi connectivity index (χ2n) is 6.63. The van der Waals surface area contributed by atoms with Crippen molar-refractivity contribution in [3.8, 4) is 17.0 Å². The maximum Gasteiger partial charge on any atom is 0.175 e. The molecule has 0 saturated heterocycles. The Balaban J connectivity index is 1.41. The van der Waals surface area contributed by atoms with E-state index in [4.69, 9.17) is 9.47 Å². The predicted octanol–water partition coefficient (Wildman–Crippen LogP) is 3.78. The quantitative estimate of drug-likeness (QED) is 0.564. The van der Waals surface area contributed by atoms with Crippen molar-refractivity contribution < 1.29 is 9.47 Å². The van der Waals surface area contributed by atoms with Crippen LogP contribution in [0.1, 0.15) is 11.4 Å². The average Bonchev–Trinajstić information content (AvgIpc) is 3.20. The summed E-state index contributed by atoms with van der Waals surface area (Å²) in [6.45, 7) is 1.00. The molecule has 7 heteroatoms. The van der Waals surface area contributed by atoms with Crippen molar-refractivity contribution in [1.29, 1.82) is 0 Å². The molecule has 1 aromatic carbocycles. The van der Waals surface area contributed by atoms with Crippen molar-refractivity contribution >= 4 is 17.1 Å². The Morgan fingerprint density at radius 3 is 2.93 bits per heavy atom. The number of aromatic nitrogens is 4. The fourth-order valence-corrected chi connectivity index (χ4v) is 3.38. The molecule has 5 rings (SSSR count). The molecule has 0 unspecified atom stereocenters. The van der Waals surface area contributed by atoms with Crippen LogP contribution in [0.5, 0.6) is 5.75 Å². The molecule has 4 aromatic rings. The molecule has 144 valence electrons. The second kappa shape index (κ2) is 7.27. The van der Waals surface area contributed by atoms with Gasteiger partial charge >= 0.3 is 0 Å². The summed E-state index contributed by atoms with van der Waals surface area (Å²) >= 11 is 0. The lowest BCUT2D eigenvalue weighted by Gasteiger charge is -2.20. The number of rotatable bonds is 5. The third-order valence-electron chi connectivity index (χ3n) is 4.86. The van der Waals surface area contributed by atoms with Crippen LogP contribution in [0, 0.1) is 0 Å². The molecule has 1 aliphatic rings. The van der Waals surface area contributed by atoms with E-state index in [0.717, 1.165) is 45.5 Å². The summed E-state index contributed by atoms with van der Waals surface area (Å²) in [4.78, 5) is 4.42. The lowest BCUT2D eigenvalue weighted by Crippen LogP contribution is -2.10. The van der Waals surface area contributed by atoms with E-state index in [0.29, 0.717) is 13.2 Å². The van der Waals surface area contributed by atoms with Gasteiger partial charge in [-0.25, -0.2) is 0 Å². The van der Waals surface area contributed by atoms with E-state index in [9.17, 15) is 0 Å². The molecule has 0 saturated carbocycles. The SMILES string of the molecule is COc1ccc2c(c1)NCC=C2OCc1nnc2ccc(-c3ccccn3)cn12. The molecule has 0 aliphatic carbocycles. The highest BCUT2D eigenvalue weighted by Gasteiger charge is 2.16. The number of fused-ring (bicyclic) bond motifs is 2. The average molecular weight is 385 g/mol. The Hall–Kier alpha value is -3.87. The van der Waals surface area contributed by atoms with Gasteiger partial charge in [0.2, 0.25) is 0 Å². The van der Waals surface area contributed by atoms with Gasteiger partial charge in [0, 0.05) is 41.8 Å². The smallest absolute Gasteiger partial charge is 0.175 e. The number of benzene rings is 1. The highest BCUT2D eigenvalue weighted by atomic mass is 16.5. The second-order valence-corrected chi connectivity index (χ2v) is 6.63.